The number of amides is 1. The van der Waals surface area contributed by atoms with Crippen LogP contribution in [0.1, 0.15) is 16.1 Å². The molecule has 2 N–H and O–H groups in total. The Morgan fingerprint density at radius 1 is 1.18 bits per heavy atom. The zero-order chi connectivity index (χ0) is 12.3. The van der Waals surface area contributed by atoms with Crippen LogP contribution >= 0.6 is 0 Å². The molecule has 1 aromatic heterocycles. The maximum absolute atomic E-state index is 11.2. The molecule has 1 aromatic carbocycles. The Kier molecular flexibility index (Phi) is 3.05. The van der Waals surface area contributed by atoms with E-state index in [9.17, 15) is 4.79 Å². The number of nitrogens with two attached hydrogens (primary N) is 1. The molecule has 17 heavy (non-hydrogen) atoms. The van der Waals surface area contributed by atoms with Crippen molar-refractivity contribution in [3.63, 3.8) is 0 Å². The molecule has 0 radical (unpaired) electrons. The lowest BCUT2D eigenvalue weighted by molar-refractivity contribution is 0.0998. The maximum atomic E-state index is 11.2. The van der Waals surface area contributed by atoms with Gasteiger partial charge in [0.15, 0.2) is 0 Å². The highest BCUT2D eigenvalue weighted by Gasteiger charge is 2.09. The number of pyridine rings is 1. The fourth-order valence-corrected chi connectivity index (χ4v) is 1.45. The number of carbonyl (C=O) groups is 1. The fourth-order valence-electron chi connectivity index (χ4n) is 1.45. The smallest absolute Gasteiger partial charge is 0.252 e. The van der Waals surface area contributed by atoms with Gasteiger partial charge in [0.05, 0.1) is 5.56 Å². The molecule has 86 valence electrons. The van der Waals surface area contributed by atoms with Gasteiger partial charge in [-0.25, -0.2) is 4.98 Å². The van der Waals surface area contributed by atoms with Crippen LogP contribution in [0.25, 0.3) is 0 Å². The number of para-hydroxylation sites is 1. The summed E-state index contributed by atoms with van der Waals surface area (Å²) in [5, 5.41) is 0. The lowest BCUT2D eigenvalue weighted by atomic mass is 10.2. The van der Waals surface area contributed by atoms with Crippen LogP contribution in [0.5, 0.6) is 11.6 Å². The monoisotopic (exact) mass is 228 g/mol. The molecule has 0 aliphatic rings. The van der Waals surface area contributed by atoms with Crippen molar-refractivity contribution in [3.8, 4) is 11.6 Å². The van der Waals surface area contributed by atoms with Gasteiger partial charge in [0.1, 0.15) is 5.75 Å². The number of primary amides is 1. The van der Waals surface area contributed by atoms with Crippen molar-refractivity contribution in [3.05, 3.63) is 53.7 Å². The lowest BCUT2D eigenvalue weighted by Crippen LogP contribution is -2.12. The molecule has 0 unspecified atom stereocenters. The van der Waals surface area contributed by atoms with E-state index >= 15 is 0 Å². The second-order valence-corrected chi connectivity index (χ2v) is 3.58. The van der Waals surface area contributed by atoms with E-state index in [1.54, 1.807) is 30.3 Å². The van der Waals surface area contributed by atoms with Crippen LogP contribution in [0.2, 0.25) is 0 Å². The first-order valence-corrected chi connectivity index (χ1v) is 5.17. The molecule has 0 saturated carbocycles. The highest BCUT2D eigenvalue weighted by Crippen LogP contribution is 2.23. The number of aromatic nitrogens is 1. The zero-order valence-corrected chi connectivity index (χ0v) is 9.38. The second-order valence-electron chi connectivity index (χ2n) is 3.58. The number of hydrogen-bond acceptors (Lipinski definition) is 3. The van der Waals surface area contributed by atoms with Crippen molar-refractivity contribution >= 4 is 5.91 Å². The first kappa shape index (κ1) is 11.1. The third-order valence-electron chi connectivity index (χ3n) is 2.23. The first-order valence-electron chi connectivity index (χ1n) is 5.17. The third kappa shape index (κ3) is 2.60. The minimum atomic E-state index is -0.520. The van der Waals surface area contributed by atoms with Gasteiger partial charge in [-0.2, -0.15) is 0 Å². The van der Waals surface area contributed by atoms with Crippen LogP contribution in [-0.2, 0) is 0 Å². The summed E-state index contributed by atoms with van der Waals surface area (Å²) < 4.78 is 5.54. The molecule has 0 spiro atoms. The number of ether oxygens (including phenoxy) is 1. The highest BCUT2D eigenvalue weighted by atomic mass is 16.5. The molecule has 4 heteroatoms. The fraction of sp³-hybridized carbons (Fsp3) is 0.0769. The molecule has 0 aliphatic carbocycles. The van der Waals surface area contributed by atoms with Crippen molar-refractivity contribution < 1.29 is 9.53 Å². The van der Waals surface area contributed by atoms with E-state index in [2.05, 4.69) is 4.98 Å². The molecular weight excluding hydrogens is 216 g/mol. The largest absolute Gasteiger partial charge is 0.438 e. The van der Waals surface area contributed by atoms with E-state index in [4.69, 9.17) is 10.5 Å². The molecule has 0 fully saturated rings. The Labute approximate surface area is 99.1 Å². The summed E-state index contributed by atoms with van der Waals surface area (Å²) >= 11 is 0. The van der Waals surface area contributed by atoms with E-state index in [-0.39, 0.29) is 0 Å². The predicted molar refractivity (Wildman–Crippen MR) is 64.0 cm³/mol. The van der Waals surface area contributed by atoms with Gasteiger partial charge in [-0.05, 0) is 25.1 Å². The highest BCUT2D eigenvalue weighted by molar-refractivity contribution is 5.95. The van der Waals surface area contributed by atoms with Crippen LogP contribution in [0.15, 0.2) is 42.5 Å². The Morgan fingerprint density at radius 2 is 1.94 bits per heavy atom. The summed E-state index contributed by atoms with van der Waals surface area (Å²) in [6, 6.07) is 12.2. The molecule has 0 saturated heterocycles. The van der Waals surface area contributed by atoms with E-state index in [1.165, 1.54) is 0 Å². The van der Waals surface area contributed by atoms with E-state index < -0.39 is 5.91 Å². The van der Waals surface area contributed by atoms with Gasteiger partial charge in [-0.15, -0.1) is 0 Å². The molecule has 1 heterocycles. The van der Waals surface area contributed by atoms with Gasteiger partial charge in [0.25, 0.3) is 5.91 Å². The topological polar surface area (TPSA) is 65.2 Å². The van der Waals surface area contributed by atoms with Crippen LogP contribution in [-0.4, -0.2) is 10.9 Å². The zero-order valence-electron chi connectivity index (χ0n) is 9.38. The average Bonchev–Trinajstić information content (AvgIpc) is 2.29. The second kappa shape index (κ2) is 4.65. The summed E-state index contributed by atoms with van der Waals surface area (Å²) in [7, 11) is 0. The SMILES string of the molecule is Cc1cccc(Oc2ccccc2C(N)=O)n1. The summed E-state index contributed by atoms with van der Waals surface area (Å²) in [4.78, 5) is 15.4. The minimum absolute atomic E-state index is 0.343. The van der Waals surface area contributed by atoms with Gasteiger partial charge < -0.3 is 10.5 Å². The average molecular weight is 228 g/mol. The Balaban J connectivity index is 2.33. The molecular formula is C13H12N2O2. The van der Waals surface area contributed by atoms with Gasteiger partial charge >= 0.3 is 0 Å². The number of benzene rings is 1. The summed E-state index contributed by atoms with van der Waals surface area (Å²) in [5.74, 6) is 0.338. The number of nitrogens with zero attached hydrogens (tertiary/aromatic N) is 1. The quantitative estimate of drug-likeness (QED) is 0.876. The van der Waals surface area contributed by atoms with Gasteiger partial charge in [0, 0.05) is 11.8 Å². The van der Waals surface area contributed by atoms with Crippen LogP contribution in [0.4, 0.5) is 0 Å². The van der Waals surface area contributed by atoms with Crippen molar-refractivity contribution in [1.82, 2.24) is 4.98 Å². The number of hydrogen-bond donors (Lipinski definition) is 1. The number of aryl methyl sites for hydroxylation is 1. The number of rotatable bonds is 3. The van der Waals surface area contributed by atoms with E-state index in [0.29, 0.717) is 17.2 Å². The molecule has 0 aliphatic heterocycles. The van der Waals surface area contributed by atoms with E-state index in [1.807, 2.05) is 19.1 Å². The molecule has 2 aromatic rings. The van der Waals surface area contributed by atoms with Crippen LogP contribution in [0.3, 0.4) is 0 Å². The first-order chi connectivity index (χ1) is 8.16. The van der Waals surface area contributed by atoms with Crippen LogP contribution < -0.4 is 10.5 Å². The van der Waals surface area contributed by atoms with Crippen molar-refractivity contribution in [2.24, 2.45) is 5.73 Å². The summed E-state index contributed by atoms with van der Waals surface area (Å²) in [6.45, 7) is 1.87. The van der Waals surface area contributed by atoms with Crippen molar-refractivity contribution in [1.29, 1.82) is 0 Å². The van der Waals surface area contributed by atoms with Crippen molar-refractivity contribution in [2.45, 2.75) is 6.92 Å². The summed E-state index contributed by atoms with van der Waals surface area (Å²) in [5.41, 5.74) is 6.45. The van der Waals surface area contributed by atoms with Gasteiger partial charge in [-0.3, -0.25) is 4.79 Å². The molecule has 1 amide bonds. The standard InChI is InChI=1S/C13H12N2O2/c1-9-5-4-8-12(15-9)17-11-7-3-2-6-10(11)13(14)16/h2-8H,1H3,(H2,14,16). The molecule has 0 bridgehead atoms. The Hall–Kier alpha value is -2.36. The number of carbonyl (C=O) groups excluding carboxylic acids is 1. The minimum Gasteiger partial charge on any atom is -0.438 e. The summed E-state index contributed by atoms with van der Waals surface area (Å²) in [6.07, 6.45) is 0. The predicted octanol–water partition coefficient (Wildman–Crippen LogP) is 2.28. The Morgan fingerprint density at radius 3 is 2.65 bits per heavy atom. The van der Waals surface area contributed by atoms with Gasteiger partial charge in [-0.1, -0.05) is 18.2 Å². The molecule has 2 rings (SSSR count). The van der Waals surface area contributed by atoms with Crippen molar-refractivity contribution in [2.75, 3.05) is 0 Å². The maximum Gasteiger partial charge on any atom is 0.252 e. The lowest BCUT2D eigenvalue weighted by Gasteiger charge is -2.08. The Bertz CT molecular complexity index is 553. The van der Waals surface area contributed by atoms with Gasteiger partial charge in [0.2, 0.25) is 5.88 Å². The third-order valence-corrected chi connectivity index (χ3v) is 2.23. The molecule has 0 atom stereocenters. The van der Waals surface area contributed by atoms with E-state index in [0.717, 1.165) is 5.69 Å². The normalized spacial score (nSPS) is 9.94. The molecule has 4 nitrogen and oxygen atoms in total. The van der Waals surface area contributed by atoms with Crippen LogP contribution in [0, 0.1) is 6.92 Å².